The maximum atomic E-state index is 12.9. The minimum Gasteiger partial charge on any atom is -0.322 e. The van der Waals surface area contributed by atoms with Gasteiger partial charge in [-0.05, 0) is 44.4 Å². The van der Waals surface area contributed by atoms with E-state index in [0.717, 1.165) is 5.56 Å². The number of hydrogen-bond acceptors (Lipinski definition) is 5. The Morgan fingerprint density at radius 1 is 1.03 bits per heavy atom. The van der Waals surface area contributed by atoms with Crippen LogP contribution in [0, 0.1) is 6.92 Å². The van der Waals surface area contributed by atoms with Crippen molar-refractivity contribution in [2.45, 2.75) is 32.2 Å². The fourth-order valence-electron chi connectivity index (χ4n) is 3.41. The third kappa shape index (κ3) is 4.02. The molecule has 0 unspecified atom stereocenters. The van der Waals surface area contributed by atoms with E-state index >= 15 is 0 Å². The number of imide groups is 1. The molecule has 2 aromatic carbocycles. The molecule has 9 heteroatoms. The summed E-state index contributed by atoms with van der Waals surface area (Å²) >= 11 is 0. The summed E-state index contributed by atoms with van der Waals surface area (Å²) in [5.74, 6) is -1.20. The summed E-state index contributed by atoms with van der Waals surface area (Å²) in [6.07, 6.45) is 1.01. The first-order chi connectivity index (χ1) is 14.9. The van der Waals surface area contributed by atoms with Gasteiger partial charge in [0.2, 0.25) is 0 Å². The quantitative estimate of drug-likeness (QED) is 0.596. The Morgan fingerprint density at radius 3 is 2.35 bits per heavy atom. The third-order valence-electron chi connectivity index (χ3n) is 5.22. The van der Waals surface area contributed by atoms with Crippen LogP contribution in [0.4, 0.5) is 4.79 Å². The van der Waals surface area contributed by atoms with Crippen LogP contribution in [0.2, 0.25) is 0 Å². The summed E-state index contributed by atoms with van der Waals surface area (Å²) in [6.45, 7) is 3.29. The second-order valence-corrected chi connectivity index (χ2v) is 7.59. The van der Waals surface area contributed by atoms with Crippen LogP contribution in [0.5, 0.6) is 0 Å². The van der Waals surface area contributed by atoms with Crippen molar-refractivity contribution in [1.29, 1.82) is 0 Å². The molecule has 1 atom stereocenters. The van der Waals surface area contributed by atoms with E-state index in [2.05, 4.69) is 20.9 Å². The smallest absolute Gasteiger partial charge is 0.322 e. The number of aryl methyl sites for hydroxylation is 2. The van der Waals surface area contributed by atoms with Crippen molar-refractivity contribution < 1.29 is 14.4 Å². The predicted octanol–water partition coefficient (Wildman–Crippen LogP) is 2.16. The Kier molecular flexibility index (Phi) is 5.24. The van der Waals surface area contributed by atoms with E-state index in [-0.39, 0.29) is 5.69 Å². The van der Waals surface area contributed by atoms with Gasteiger partial charge in [0.05, 0.1) is 11.4 Å². The van der Waals surface area contributed by atoms with Crippen LogP contribution in [0.15, 0.2) is 60.7 Å². The number of hydrogen-bond donors (Lipinski definition) is 2. The van der Waals surface area contributed by atoms with Gasteiger partial charge in [-0.1, -0.05) is 48.5 Å². The number of carbonyl (C=O) groups excluding carboxylic acids is 3. The zero-order chi connectivity index (χ0) is 22.0. The maximum absolute atomic E-state index is 12.9. The zero-order valence-electron chi connectivity index (χ0n) is 17.2. The Morgan fingerprint density at radius 2 is 1.68 bits per heavy atom. The van der Waals surface area contributed by atoms with Crippen LogP contribution >= 0.6 is 0 Å². The Labute approximate surface area is 179 Å². The van der Waals surface area contributed by atoms with E-state index in [9.17, 15) is 14.4 Å². The van der Waals surface area contributed by atoms with Gasteiger partial charge in [0, 0.05) is 0 Å². The molecule has 0 radical (unpaired) electrons. The van der Waals surface area contributed by atoms with Crippen LogP contribution in [0.3, 0.4) is 0 Å². The number of amides is 4. The molecule has 1 aromatic heterocycles. The number of rotatable bonds is 6. The summed E-state index contributed by atoms with van der Waals surface area (Å²) < 4.78 is 0. The van der Waals surface area contributed by atoms with E-state index in [1.54, 1.807) is 26.0 Å². The predicted molar refractivity (Wildman–Crippen MR) is 112 cm³/mol. The van der Waals surface area contributed by atoms with Gasteiger partial charge in [-0.2, -0.15) is 14.9 Å². The fraction of sp³-hybridized carbons (Fsp3) is 0.227. The van der Waals surface area contributed by atoms with Crippen molar-refractivity contribution >= 4 is 17.8 Å². The molecule has 0 spiro atoms. The van der Waals surface area contributed by atoms with Crippen LogP contribution in [-0.4, -0.2) is 43.4 Å². The number of aromatic nitrogens is 3. The maximum Gasteiger partial charge on any atom is 0.344 e. The highest BCUT2D eigenvalue weighted by atomic mass is 16.2. The van der Waals surface area contributed by atoms with E-state index < -0.39 is 23.4 Å². The van der Waals surface area contributed by atoms with Gasteiger partial charge in [-0.3, -0.25) is 15.0 Å². The van der Waals surface area contributed by atoms with Gasteiger partial charge >= 0.3 is 6.03 Å². The van der Waals surface area contributed by atoms with Crippen molar-refractivity contribution in [2.24, 2.45) is 0 Å². The van der Waals surface area contributed by atoms with Gasteiger partial charge in [0.25, 0.3) is 11.8 Å². The molecule has 2 heterocycles. The number of nitrogens with zero attached hydrogens (tertiary/aromatic N) is 4. The molecule has 2 N–H and O–H groups in total. The summed E-state index contributed by atoms with van der Waals surface area (Å²) in [5.41, 5.74) is 3.41. The second kappa shape index (κ2) is 8.02. The lowest BCUT2D eigenvalue weighted by Gasteiger charge is -2.21. The largest absolute Gasteiger partial charge is 0.344 e. The topological polar surface area (TPSA) is 109 Å². The number of urea groups is 1. The minimum atomic E-state index is -1.11. The highest BCUT2D eigenvalue weighted by Crippen LogP contribution is 2.22. The molecule has 1 fully saturated rings. The first kappa shape index (κ1) is 20.3. The molecule has 0 bridgehead atoms. The molecule has 4 amide bonds. The molecule has 9 nitrogen and oxygen atoms in total. The average Bonchev–Trinajstić information content (AvgIpc) is 3.27. The molecule has 1 saturated heterocycles. The second-order valence-electron chi connectivity index (χ2n) is 7.59. The number of hydrazine groups is 1. The van der Waals surface area contributed by atoms with Crippen LogP contribution in [0.25, 0.3) is 5.69 Å². The lowest BCUT2D eigenvalue weighted by molar-refractivity contribution is -0.132. The molecular weight excluding hydrogens is 396 g/mol. The first-order valence-corrected chi connectivity index (χ1v) is 9.88. The summed E-state index contributed by atoms with van der Waals surface area (Å²) in [4.78, 5) is 39.4. The molecule has 1 aliphatic rings. The number of benzene rings is 2. The Bertz CT molecular complexity index is 1130. The molecule has 0 aliphatic carbocycles. The molecule has 4 rings (SSSR count). The lowest BCUT2D eigenvalue weighted by Crippen LogP contribution is -2.49. The Balaban J connectivity index is 1.47. The highest BCUT2D eigenvalue weighted by molar-refractivity contribution is 6.08. The summed E-state index contributed by atoms with van der Waals surface area (Å²) in [6, 6.07) is 18.1. The minimum absolute atomic E-state index is 0.0299. The van der Waals surface area contributed by atoms with E-state index in [1.165, 1.54) is 4.80 Å². The van der Waals surface area contributed by atoms with Gasteiger partial charge < -0.3 is 5.32 Å². The van der Waals surface area contributed by atoms with Gasteiger partial charge in [-0.25, -0.2) is 4.79 Å². The highest BCUT2D eigenvalue weighted by Gasteiger charge is 2.48. The van der Waals surface area contributed by atoms with Crippen molar-refractivity contribution in [3.05, 3.63) is 77.6 Å². The van der Waals surface area contributed by atoms with Crippen molar-refractivity contribution in [3.8, 4) is 5.69 Å². The molecule has 31 heavy (non-hydrogen) atoms. The molecule has 1 aliphatic heterocycles. The van der Waals surface area contributed by atoms with Gasteiger partial charge in [0.1, 0.15) is 5.54 Å². The van der Waals surface area contributed by atoms with Crippen molar-refractivity contribution in [1.82, 2.24) is 30.7 Å². The molecule has 0 saturated carbocycles. The van der Waals surface area contributed by atoms with Crippen molar-refractivity contribution in [3.63, 3.8) is 0 Å². The normalized spacial score (nSPS) is 18.2. The SMILES string of the molecule is Cc1nn(-c2ccccc2)nc1C(=O)NN1C(=O)N[C@](C)(CCc2ccccc2)C1=O. The summed E-state index contributed by atoms with van der Waals surface area (Å²) in [7, 11) is 0. The van der Waals surface area contributed by atoms with E-state index in [1.807, 2.05) is 48.5 Å². The van der Waals surface area contributed by atoms with Crippen LogP contribution in [0.1, 0.15) is 35.1 Å². The zero-order valence-corrected chi connectivity index (χ0v) is 17.2. The van der Waals surface area contributed by atoms with Crippen molar-refractivity contribution in [2.75, 3.05) is 0 Å². The standard InChI is InChI=1S/C22H22N6O3/c1-15-18(25-28(24-15)17-11-7-4-8-12-17)19(29)26-27-20(30)22(2,23-21(27)31)14-13-16-9-5-3-6-10-16/h3-12H,13-14H2,1-2H3,(H,23,31)(H,26,29)/t22-/m1/s1. The monoisotopic (exact) mass is 418 g/mol. The molecular formula is C22H22N6O3. The number of carbonyl (C=O) groups is 3. The fourth-order valence-corrected chi connectivity index (χ4v) is 3.41. The first-order valence-electron chi connectivity index (χ1n) is 9.88. The number of para-hydroxylation sites is 1. The van der Waals surface area contributed by atoms with Crippen LogP contribution in [-0.2, 0) is 11.2 Å². The third-order valence-corrected chi connectivity index (χ3v) is 5.22. The van der Waals surface area contributed by atoms with E-state index in [4.69, 9.17) is 0 Å². The number of nitrogens with one attached hydrogen (secondary N) is 2. The lowest BCUT2D eigenvalue weighted by atomic mass is 9.93. The molecule has 3 aromatic rings. The average molecular weight is 418 g/mol. The van der Waals surface area contributed by atoms with E-state index in [0.29, 0.717) is 29.2 Å². The van der Waals surface area contributed by atoms with Gasteiger partial charge in [0.15, 0.2) is 5.69 Å². The molecule has 158 valence electrons. The van der Waals surface area contributed by atoms with Gasteiger partial charge in [-0.15, -0.1) is 5.10 Å². The summed E-state index contributed by atoms with van der Waals surface area (Å²) in [5, 5.41) is 11.9. The van der Waals surface area contributed by atoms with Crippen LogP contribution < -0.4 is 10.7 Å². The Hall–Kier alpha value is -4.01.